The van der Waals surface area contributed by atoms with Gasteiger partial charge in [-0.2, -0.15) is 0 Å². The minimum absolute atomic E-state index is 0.0353. The van der Waals surface area contributed by atoms with Crippen LogP contribution in [0, 0.1) is 11.8 Å². The van der Waals surface area contributed by atoms with Gasteiger partial charge >= 0.3 is 6.36 Å². The number of rotatable bonds is 10. The van der Waals surface area contributed by atoms with Gasteiger partial charge in [-0.1, -0.05) is 19.1 Å². The highest BCUT2D eigenvalue weighted by Gasteiger charge is 2.31. The number of nitrogens with one attached hydrogen (secondary N) is 1. The molecule has 0 bridgehead atoms. The summed E-state index contributed by atoms with van der Waals surface area (Å²) in [6.07, 6.45) is -0.366. The molecule has 0 saturated heterocycles. The molecule has 6 nitrogen and oxygen atoms in total. The van der Waals surface area contributed by atoms with Gasteiger partial charge in [-0.25, -0.2) is 4.98 Å². The van der Waals surface area contributed by atoms with E-state index in [2.05, 4.69) is 15.0 Å². The molecule has 3 rings (SSSR count). The van der Waals surface area contributed by atoms with Gasteiger partial charge in [-0.05, 0) is 54.9 Å². The molecule has 1 fully saturated rings. The fourth-order valence-electron chi connectivity index (χ4n) is 2.89. The summed E-state index contributed by atoms with van der Waals surface area (Å²) >= 11 is 0. The fourth-order valence-corrected chi connectivity index (χ4v) is 2.89. The van der Waals surface area contributed by atoms with E-state index < -0.39 is 6.36 Å². The van der Waals surface area contributed by atoms with E-state index >= 15 is 0 Å². The normalized spacial score (nSPS) is 14.7. The van der Waals surface area contributed by atoms with Crippen molar-refractivity contribution in [3.05, 3.63) is 42.1 Å². The molecule has 2 aromatic rings. The third-order valence-electron chi connectivity index (χ3n) is 5.06. The van der Waals surface area contributed by atoms with Gasteiger partial charge in [0.05, 0.1) is 6.61 Å². The number of ether oxygens (including phenoxy) is 2. The second-order valence-corrected chi connectivity index (χ2v) is 7.57. The minimum Gasteiger partial charge on any atom is -0.477 e. The summed E-state index contributed by atoms with van der Waals surface area (Å²) in [6, 6.07) is 6.93. The maximum Gasteiger partial charge on any atom is 0.573 e. The number of aliphatic hydroxyl groups is 1. The van der Waals surface area contributed by atoms with Crippen molar-refractivity contribution in [3.63, 3.8) is 0 Å². The predicted octanol–water partition coefficient (Wildman–Crippen LogP) is 4.18. The zero-order valence-electron chi connectivity index (χ0n) is 17.1. The number of alkyl halides is 3. The molecule has 1 amide bonds. The van der Waals surface area contributed by atoms with Crippen LogP contribution in [0.2, 0.25) is 0 Å². The molecule has 31 heavy (non-hydrogen) atoms. The lowest BCUT2D eigenvalue weighted by atomic mass is 10.0. The van der Waals surface area contributed by atoms with E-state index in [1.165, 1.54) is 30.5 Å². The Morgan fingerprint density at radius 2 is 1.97 bits per heavy atom. The molecule has 1 unspecified atom stereocenters. The molecular formula is C22H25F3N2O4. The maximum absolute atomic E-state index is 12.8. The highest BCUT2D eigenvalue weighted by molar-refractivity contribution is 5.97. The quantitative estimate of drug-likeness (QED) is 0.582. The summed E-state index contributed by atoms with van der Waals surface area (Å²) in [6.45, 7) is 2.67. The van der Waals surface area contributed by atoms with Crippen LogP contribution in [0.3, 0.4) is 0 Å². The van der Waals surface area contributed by atoms with Crippen LogP contribution in [0.4, 0.5) is 13.2 Å². The smallest absolute Gasteiger partial charge is 0.477 e. The van der Waals surface area contributed by atoms with Gasteiger partial charge in [0.1, 0.15) is 11.3 Å². The second-order valence-electron chi connectivity index (χ2n) is 7.57. The Bertz CT molecular complexity index is 879. The Labute approximate surface area is 178 Å². The second kappa shape index (κ2) is 10.00. The molecular weight excluding hydrogens is 413 g/mol. The summed E-state index contributed by atoms with van der Waals surface area (Å²) in [5.74, 6) is -0.0954. The van der Waals surface area contributed by atoms with Crippen molar-refractivity contribution in [1.29, 1.82) is 0 Å². The number of carbonyl (C=O) groups is 1. The van der Waals surface area contributed by atoms with Crippen LogP contribution >= 0.6 is 0 Å². The monoisotopic (exact) mass is 438 g/mol. The van der Waals surface area contributed by atoms with Crippen molar-refractivity contribution in [2.45, 2.75) is 32.5 Å². The number of nitrogens with zero attached hydrogens (tertiary/aromatic N) is 1. The lowest BCUT2D eigenvalue weighted by molar-refractivity contribution is -0.274. The highest BCUT2D eigenvalue weighted by atomic mass is 19.4. The van der Waals surface area contributed by atoms with Gasteiger partial charge in [0.2, 0.25) is 5.88 Å². The molecule has 9 heteroatoms. The zero-order chi connectivity index (χ0) is 22.4. The Hall–Kier alpha value is -2.81. The standard InChI is InChI=1S/C22H25F3N2O4/c1-2-14(12-28)10-26-20(29)19-9-17(11-27-21(19)30-13-15-3-4-15)16-5-7-18(8-6-16)31-22(23,24)25/h5-9,11,14-15,28H,2-4,10,12-13H2,1H3,(H,26,29). The molecule has 168 valence electrons. The Kier molecular flexibility index (Phi) is 7.37. The first-order valence-electron chi connectivity index (χ1n) is 10.2. The van der Waals surface area contributed by atoms with Gasteiger partial charge < -0.3 is 19.9 Å². The van der Waals surface area contributed by atoms with Crippen LogP contribution < -0.4 is 14.8 Å². The third kappa shape index (κ3) is 6.85. The SMILES string of the molecule is CCC(CO)CNC(=O)c1cc(-c2ccc(OC(F)(F)F)cc2)cnc1OCC1CC1. The summed E-state index contributed by atoms with van der Waals surface area (Å²) in [5, 5.41) is 12.1. The van der Waals surface area contributed by atoms with E-state index in [0.717, 1.165) is 12.8 Å². The molecule has 1 saturated carbocycles. The van der Waals surface area contributed by atoms with Gasteiger partial charge in [0.25, 0.3) is 5.91 Å². The van der Waals surface area contributed by atoms with E-state index in [0.29, 0.717) is 36.6 Å². The topological polar surface area (TPSA) is 80.7 Å². The van der Waals surface area contributed by atoms with Crippen molar-refractivity contribution >= 4 is 5.91 Å². The largest absolute Gasteiger partial charge is 0.573 e. The molecule has 2 N–H and O–H groups in total. The van der Waals surface area contributed by atoms with E-state index in [1.54, 1.807) is 6.07 Å². The number of halogens is 3. The van der Waals surface area contributed by atoms with Crippen LogP contribution in [0.5, 0.6) is 11.6 Å². The molecule has 0 radical (unpaired) electrons. The summed E-state index contributed by atoms with van der Waals surface area (Å²) in [5.41, 5.74) is 1.37. The third-order valence-corrected chi connectivity index (χ3v) is 5.06. The van der Waals surface area contributed by atoms with Crippen molar-refractivity contribution in [2.24, 2.45) is 11.8 Å². The Balaban J connectivity index is 1.81. The first-order valence-corrected chi connectivity index (χ1v) is 10.2. The first-order chi connectivity index (χ1) is 14.8. The molecule has 1 heterocycles. The number of carbonyl (C=O) groups excluding carboxylic acids is 1. The van der Waals surface area contributed by atoms with Crippen LogP contribution in [-0.2, 0) is 0 Å². The minimum atomic E-state index is -4.76. The van der Waals surface area contributed by atoms with Crippen LogP contribution in [-0.4, -0.2) is 42.1 Å². The Morgan fingerprint density at radius 1 is 1.26 bits per heavy atom. The highest BCUT2D eigenvalue weighted by Crippen LogP contribution is 2.31. The zero-order valence-corrected chi connectivity index (χ0v) is 17.1. The molecule has 1 aliphatic rings. The number of pyridine rings is 1. The number of aliphatic hydroxyl groups excluding tert-OH is 1. The van der Waals surface area contributed by atoms with Crippen molar-refractivity contribution in [2.75, 3.05) is 19.8 Å². The fraction of sp³-hybridized carbons (Fsp3) is 0.455. The van der Waals surface area contributed by atoms with E-state index in [9.17, 15) is 23.1 Å². The van der Waals surface area contributed by atoms with Gasteiger partial charge in [0.15, 0.2) is 0 Å². The Morgan fingerprint density at radius 3 is 2.55 bits per heavy atom. The molecule has 0 spiro atoms. The molecule has 1 aromatic carbocycles. The van der Waals surface area contributed by atoms with Gasteiger partial charge in [-0.15, -0.1) is 13.2 Å². The lowest BCUT2D eigenvalue weighted by Crippen LogP contribution is -2.31. The molecule has 1 atom stereocenters. The number of benzene rings is 1. The average Bonchev–Trinajstić information content (AvgIpc) is 3.57. The lowest BCUT2D eigenvalue weighted by Gasteiger charge is -2.15. The van der Waals surface area contributed by atoms with E-state index in [-0.39, 0.29) is 35.6 Å². The van der Waals surface area contributed by atoms with Crippen LogP contribution in [0.15, 0.2) is 36.5 Å². The van der Waals surface area contributed by atoms with Crippen molar-refractivity contribution in [1.82, 2.24) is 10.3 Å². The van der Waals surface area contributed by atoms with Crippen molar-refractivity contribution in [3.8, 4) is 22.8 Å². The molecule has 1 aliphatic carbocycles. The van der Waals surface area contributed by atoms with Gasteiger partial charge in [0, 0.05) is 24.9 Å². The summed E-state index contributed by atoms with van der Waals surface area (Å²) in [4.78, 5) is 17.1. The number of hydrogen-bond acceptors (Lipinski definition) is 5. The molecule has 0 aliphatic heterocycles. The van der Waals surface area contributed by atoms with E-state index in [4.69, 9.17) is 4.74 Å². The number of amides is 1. The number of aromatic nitrogens is 1. The molecule has 1 aromatic heterocycles. The maximum atomic E-state index is 12.8. The van der Waals surface area contributed by atoms with Gasteiger partial charge in [-0.3, -0.25) is 4.79 Å². The summed E-state index contributed by atoms with van der Waals surface area (Å²) in [7, 11) is 0. The number of hydrogen-bond donors (Lipinski definition) is 2. The first kappa shape index (κ1) is 22.9. The van der Waals surface area contributed by atoms with E-state index in [1.807, 2.05) is 6.92 Å². The van der Waals surface area contributed by atoms with Crippen LogP contribution in [0.1, 0.15) is 36.5 Å². The van der Waals surface area contributed by atoms with Crippen molar-refractivity contribution < 1.29 is 32.5 Å². The van der Waals surface area contributed by atoms with Crippen LogP contribution in [0.25, 0.3) is 11.1 Å². The summed E-state index contributed by atoms with van der Waals surface area (Å²) < 4.78 is 46.7. The average molecular weight is 438 g/mol. The predicted molar refractivity (Wildman–Crippen MR) is 108 cm³/mol.